The van der Waals surface area contributed by atoms with Crippen molar-refractivity contribution >= 4 is 29.2 Å². The van der Waals surface area contributed by atoms with Crippen molar-refractivity contribution in [3.8, 4) is 0 Å². The molecule has 3 rings (SSSR count). The zero-order chi connectivity index (χ0) is 18.9. The van der Waals surface area contributed by atoms with E-state index in [1.165, 1.54) is 0 Å². The number of halogens is 5. The summed E-state index contributed by atoms with van der Waals surface area (Å²) >= 11 is 7.10. The van der Waals surface area contributed by atoms with E-state index in [-0.39, 0.29) is 22.3 Å². The molecule has 0 saturated heterocycles. The minimum atomic E-state index is -4.55. The van der Waals surface area contributed by atoms with Gasteiger partial charge in [0.15, 0.2) is 0 Å². The topological polar surface area (TPSA) is 20.5 Å². The SMILES string of the molecule is CCN(Sc1nc2ccccn2c1Cl)C(c1ccc(F)cc1)C(F)(F)F. The maximum Gasteiger partial charge on any atom is 0.408 e. The van der Waals surface area contributed by atoms with Crippen LogP contribution in [0, 0.1) is 5.82 Å². The molecule has 3 aromatic rings. The molecule has 0 amide bonds. The van der Waals surface area contributed by atoms with Crippen molar-refractivity contribution in [1.29, 1.82) is 0 Å². The van der Waals surface area contributed by atoms with Gasteiger partial charge in [-0.05, 0) is 41.8 Å². The molecule has 1 aromatic carbocycles. The molecule has 3 nitrogen and oxygen atoms in total. The third-order valence-corrected chi connectivity index (χ3v) is 5.38. The Morgan fingerprint density at radius 3 is 2.46 bits per heavy atom. The smallest absolute Gasteiger partial charge is 0.290 e. The van der Waals surface area contributed by atoms with Gasteiger partial charge in [0.05, 0.1) is 0 Å². The molecule has 2 aromatic heterocycles. The third-order valence-electron chi connectivity index (χ3n) is 3.74. The first-order chi connectivity index (χ1) is 12.3. The Bertz CT molecular complexity index is 895. The van der Waals surface area contributed by atoms with Crippen LogP contribution in [-0.2, 0) is 0 Å². The van der Waals surface area contributed by atoms with Gasteiger partial charge in [-0.25, -0.2) is 13.7 Å². The predicted octanol–water partition coefficient (Wildman–Crippen LogP) is 5.76. The van der Waals surface area contributed by atoms with Gasteiger partial charge in [-0.1, -0.05) is 36.7 Å². The average Bonchev–Trinajstić information content (AvgIpc) is 2.91. The molecule has 1 unspecified atom stereocenters. The summed E-state index contributed by atoms with van der Waals surface area (Å²) in [5, 5.41) is 0.514. The van der Waals surface area contributed by atoms with Crippen LogP contribution in [-0.4, -0.2) is 26.4 Å². The highest BCUT2D eigenvalue weighted by Crippen LogP contribution is 2.43. The van der Waals surface area contributed by atoms with E-state index in [0.29, 0.717) is 5.65 Å². The highest BCUT2D eigenvalue weighted by Gasteiger charge is 2.45. The lowest BCUT2D eigenvalue weighted by Gasteiger charge is -2.31. The van der Waals surface area contributed by atoms with Gasteiger partial charge in [-0.3, -0.25) is 4.40 Å². The molecule has 9 heteroatoms. The number of hydrogen-bond acceptors (Lipinski definition) is 3. The van der Waals surface area contributed by atoms with Gasteiger partial charge in [-0.2, -0.15) is 13.2 Å². The molecule has 2 heterocycles. The standard InChI is InChI=1S/C17H14ClF4N3S/c1-2-25(14(17(20,21)22)11-6-8-12(19)9-7-11)26-16-15(18)24-10-4-3-5-13(24)23-16/h3-10,14H,2H2,1H3. The first kappa shape index (κ1) is 19.0. The second kappa shape index (κ2) is 7.46. The van der Waals surface area contributed by atoms with Gasteiger partial charge in [0.1, 0.15) is 27.7 Å². The number of nitrogens with zero attached hydrogens (tertiary/aromatic N) is 3. The normalized spacial score (nSPS) is 13.5. The van der Waals surface area contributed by atoms with Crippen molar-refractivity contribution in [1.82, 2.24) is 13.7 Å². The third kappa shape index (κ3) is 3.82. The lowest BCUT2D eigenvalue weighted by atomic mass is 10.1. The van der Waals surface area contributed by atoms with Crippen molar-refractivity contribution < 1.29 is 17.6 Å². The molecule has 138 valence electrons. The number of hydrogen-bond donors (Lipinski definition) is 0. The van der Waals surface area contributed by atoms with Crippen molar-refractivity contribution in [3.05, 3.63) is 65.2 Å². The van der Waals surface area contributed by atoms with Crippen LogP contribution in [0.2, 0.25) is 5.15 Å². The van der Waals surface area contributed by atoms with Gasteiger partial charge < -0.3 is 0 Å². The van der Waals surface area contributed by atoms with Crippen molar-refractivity contribution in [3.63, 3.8) is 0 Å². The molecule has 0 bridgehead atoms. The van der Waals surface area contributed by atoms with E-state index in [0.717, 1.165) is 40.5 Å². The van der Waals surface area contributed by atoms with Crippen molar-refractivity contribution in [2.24, 2.45) is 0 Å². The van der Waals surface area contributed by atoms with E-state index >= 15 is 0 Å². The monoisotopic (exact) mass is 403 g/mol. The Morgan fingerprint density at radius 1 is 1.19 bits per heavy atom. The maximum absolute atomic E-state index is 13.7. The molecule has 0 aliphatic rings. The van der Waals surface area contributed by atoms with E-state index in [2.05, 4.69) is 4.98 Å². The summed E-state index contributed by atoms with van der Waals surface area (Å²) in [4.78, 5) is 4.30. The van der Waals surface area contributed by atoms with Crippen LogP contribution < -0.4 is 0 Å². The molecule has 0 aliphatic carbocycles. The maximum atomic E-state index is 13.7. The highest BCUT2D eigenvalue weighted by molar-refractivity contribution is 7.97. The molecule has 0 aliphatic heterocycles. The van der Waals surface area contributed by atoms with Crippen molar-refractivity contribution in [2.45, 2.75) is 24.2 Å². The summed E-state index contributed by atoms with van der Waals surface area (Å²) in [5.74, 6) is -0.589. The molecular weight excluding hydrogens is 390 g/mol. The van der Waals surface area contributed by atoms with E-state index in [4.69, 9.17) is 11.6 Å². The van der Waals surface area contributed by atoms with Gasteiger partial charge in [-0.15, -0.1) is 0 Å². The van der Waals surface area contributed by atoms with Gasteiger partial charge in [0, 0.05) is 12.7 Å². The number of alkyl halides is 3. The number of pyridine rings is 1. The van der Waals surface area contributed by atoms with Crippen LogP contribution in [0.3, 0.4) is 0 Å². The van der Waals surface area contributed by atoms with Crippen LogP contribution >= 0.6 is 23.5 Å². The minimum Gasteiger partial charge on any atom is -0.290 e. The second-order valence-electron chi connectivity index (χ2n) is 5.46. The zero-order valence-electron chi connectivity index (χ0n) is 13.5. The number of fused-ring (bicyclic) bond motifs is 1. The van der Waals surface area contributed by atoms with Crippen LogP contribution in [0.1, 0.15) is 18.5 Å². The van der Waals surface area contributed by atoms with E-state index in [9.17, 15) is 17.6 Å². The Balaban J connectivity index is 1.98. The van der Waals surface area contributed by atoms with Crippen molar-refractivity contribution in [2.75, 3.05) is 6.54 Å². The summed E-state index contributed by atoms with van der Waals surface area (Å²) in [7, 11) is 0. The lowest BCUT2D eigenvalue weighted by Crippen LogP contribution is -2.34. The Hall–Kier alpha value is -1.77. The van der Waals surface area contributed by atoms with Gasteiger partial charge >= 0.3 is 6.18 Å². The fourth-order valence-corrected chi connectivity index (χ4v) is 3.87. The number of aromatic nitrogens is 2. The summed E-state index contributed by atoms with van der Waals surface area (Å²) in [5.41, 5.74) is 0.495. The first-order valence-electron chi connectivity index (χ1n) is 7.70. The fourth-order valence-electron chi connectivity index (χ4n) is 2.58. The first-order valence-corrected chi connectivity index (χ1v) is 8.85. The largest absolute Gasteiger partial charge is 0.408 e. The van der Waals surface area contributed by atoms with Crippen LogP contribution in [0.4, 0.5) is 17.6 Å². The predicted molar refractivity (Wildman–Crippen MR) is 93.6 cm³/mol. The fraction of sp³-hybridized carbons (Fsp3) is 0.235. The minimum absolute atomic E-state index is 0.0480. The molecule has 0 spiro atoms. The highest BCUT2D eigenvalue weighted by atomic mass is 35.5. The van der Waals surface area contributed by atoms with E-state index in [1.54, 1.807) is 35.7 Å². The Kier molecular flexibility index (Phi) is 5.45. The Labute approximate surface area is 156 Å². The van der Waals surface area contributed by atoms with E-state index in [1.807, 2.05) is 0 Å². The zero-order valence-corrected chi connectivity index (χ0v) is 15.1. The lowest BCUT2D eigenvalue weighted by molar-refractivity contribution is -0.172. The molecule has 0 radical (unpaired) electrons. The van der Waals surface area contributed by atoms with E-state index < -0.39 is 18.0 Å². The summed E-state index contributed by atoms with van der Waals surface area (Å²) < 4.78 is 57.1. The molecular formula is C17H14ClF4N3S. The van der Waals surface area contributed by atoms with Gasteiger partial charge in [0.2, 0.25) is 0 Å². The van der Waals surface area contributed by atoms with Gasteiger partial charge in [0.25, 0.3) is 0 Å². The van der Waals surface area contributed by atoms with Crippen LogP contribution in [0.5, 0.6) is 0 Å². The molecule has 1 atom stereocenters. The molecule has 26 heavy (non-hydrogen) atoms. The van der Waals surface area contributed by atoms with Crippen LogP contribution in [0.15, 0.2) is 53.7 Å². The summed E-state index contributed by atoms with van der Waals surface area (Å²) in [6.07, 6.45) is -2.86. The number of imidazole rings is 1. The number of rotatable bonds is 5. The quantitative estimate of drug-likeness (QED) is 0.399. The molecule has 0 N–H and O–H groups in total. The summed E-state index contributed by atoms with van der Waals surface area (Å²) in [6, 6.07) is 7.64. The molecule has 0 fully saturated rings. The number of benzene rings is 1. The average molecular weight is 404 g/mol. The molecule has 0 saturated carbocycles. The van der Waals surface area contributed by atoms with Crippen LogP contribution in [0.25, 0.3) is 5.65 Å². The Morgan fingerprint density at radius 2 is 1.88 bits per heavy atom. The summed E-state index contributed by atoms with van der Waals surface area (Å²) in [6.45, 7) is 1.69. The second-order valence-corrected chi connectivity index (χ2v) is 6.85.